The number of aliphatic hydroxyl groups is 8. The van der Waals surface area contributed by atoms with Crippen molar-refractivity contribution < 1.29 is 64.6 Å². The zero-order valence-electron chi connectivity index (χ0n) is 45.9. The molecule has 14 heteroatoms. The van der Waals surface area contributed by atoms with Crippen LogP contribution < -0.4 is 5.32 Å². The van der Waals surface area contributed by atoms with Gasteiger partial charge in [-0.1, -0.05) is 224 Å². The lowest BCUT2D eigenvalue weighted by atomic mass is 9.97. The van der Waals surface area contributed by atoms with Gasteiger partial charge in [-0.15, -0.1) is 0 Å². The summed E-state index contributed by atoms with van der Waals surface area (Å²) in [5, 5.41) is 87.0. The minimum atomic E-state index is -1.79. The Balaban J connectivity index is 1.73. The Bertz CT molecular complexity index is 1370. The van der Waals surface area contributed by atoms with Crippen LogP contribution in [0.5, 0.6) is 0 Å². The van der Waals surface area contributed by atoms with Crippen LogP contribution in [0.15, 0.2) is 36.5 Å². The van der Waals surface area contributed by atoms with Crippen LogP contribution in [0.3, 0.4) is 0 Å². The summed E-state index contributed by atoms with van der Waals surface area (Å²) in [4.78, 5) is 13.2. The van der Waals surface area contributed by atoms with Crippen molar-refractivity contribution in [2.45, 2.75) is 312 Å². The summed E-state index contributed by atoms with van der Waals surface area (Å²) >= 11 is 0. The third kappa shape index (κ3) is 31.3. The smallest absolute Gasteiger partial charge is 0.220 e. The largest absolute Gasteiger partial charge is 0.394 e. The molecular weight excluding hydrogens is 931 g/mol. The van der Waals surface area contributed by atoms with Gasteiger partial charge in [-0.3, -0.25) is 4.79 Å². The van der Waals surface area contributed by atoms with Crippen molar-refractivity contribution in [2.24, 2.45) is 0 Å². The molecule has 0 aliphatic carbocycles. The van der Waals surface area contributed by atoms with Gasteiger partial charge in [0.05, 0.1) is 32.0 Å². The summed E-state index contributed by atoms with van der Waals surface area (Å²) in [7, 11) is 0. The number of aliphatic hydroxyl groups excluding tert-OH is 8. The molecule has 2 rings (SSSR count). The summed E-state index contributed by atoms with van der Waals surface area (Å²) < 4.78 is 22.7. The van der Waals surface area contributed by atoms with E-state index in [9.17, 15) is 45.6 Å². The van der Waals surface area contributed by atoms with Crippen molar-refractivity contribution in [2.75, 3.05) is 19.8 Å². The molecule has 0 aromatic rings. The van der Waals surface area contributed by atoms with Crippen LogP contribution in [0.25, 0.3) is 0 Å². The van der Waals surface area contributed by atoms with Crippen LogP contribution in [-0.2, 0) is 23.7 Å². The molecule has 9 N–H and O–H groups in total. The molecule has 12 unspecified atom stereocenters. The third-order valence-electron chi connectivity index (χ3n) is 14.6. The third-order valence-corrected chi connectivity index (χ3v) is 14.6. The standard InChI is InChI=1S/C59H109NO13/c1-3-5-7-9-11-13-15-17-18-19-20-21-22-23-24-25-26-27-28-29-31-32-34-36-38-40-42-48(63)47(60-51(64)43-41-39-37-35-33-30-16-14-12-10-8-6-4-2)46-70-58-56(69)54(67)57(50(45-62)72-58)73-59-55(68)53(66)52(65)49(44-61)71-59/h8,10,14,16,40,42,47-50,52-59,61-63,65-69H,3-7,9,11-13,15,17-39,41,43-46H2,1-2H3,(H,60,64)/b10-8-,16-14-,42-40+. The summed E-state index contributed by atoms with van der Waals surface area (Å²) in [6.45, 7) is 2.73. The van der Waals surface area contributed by atoms with Crippen molar-refractivity contribution >= 4 is 5.91 Å². The Labute approximate surface area is 442 Å². The average molecular weight is 1040 g/mol. The summed E-state index contributed by atoms with van der Waals surface area (Å²) in [6, 6.07) is -0.921. The minimum Gasteiger partial charge on any atom is -0.394 e. The number of allylic oxidation sites excluding steroid dienone is 5. The van der Waals surface area contributed by atoms with Gasteiger partial charge in [0, 0.05) is 6.42 Å². The second kappa shape index (κ2) is 45.3. The van der Waals surface area contributed by atoms with E-state index in [0.717, 1.165) is 70.6 Å². The van der Waals surface area contributed by atoms with E-state index in [-0.39, 0.29) is 18.9 Å². The molecule has 2 aliphatic rings. The number of unbranched alkanes of at least 4 members (excludes halogenated alkanes) is 30. The molecule has 0 bridgehead atoms. The number of amides is 1. The molecule has 0 spiro atoms. The number of hydrogen-bond acceptors (Lipinski definition) is 13. The van der Waals surface area contributed by atoms with E-state index in [1.807, 2.05) is 6.08 Å². The molecule has 1 amide bonds. The Morgan fingerprint density at radius 3 is 1.42 bits per heavy atom. The van der Waals surface area contributed by atoms with Crippen molar-refractivity contribution in [3.63, 3.8) is 0 Å². The van der Waals surface area contributed by atoms with Gasteiger partial charge >= 0.3 is 0 Å². The van der Waals surface area contributed by atoms with Gasteiger partial charge in [0.2, 0.25) is 5.91 Å². The van der Waals surface area contributed by atoms with E-state index < -0.39 is 86.8 Å². The van der Waals surface area contributed by atoms with Crippen molar-refractivity contribution in [3.05, 3.63) is 36.5 Å². The quantitative estimate of drug-likeness (QED) is 0.0205. The van der Waals surface area contributed by atoms with Gasteiger partial charge < -0.3 is 65.1 Å². The number of hydrogen-bond donors (Lipinski definition) is 9. The van der Waals surface area contributed by atoms with Crippen LogP contribution in [0, 0.1) is 0 Å². The normalized spacial score (nSPS) is 25.6. The zero-order chi connectivity index (χ0) is 53.2. The fraction of sp³-hybridized carbons (Fsp3) is 0.881. The lowest BCUT2D eigenvalue weighted by molar-refractivity contribution is -0.359. The van der Waals surface area contributed by atoms with Crippen molar-refractivity contribution in [1.29, 1.82) is 0 Å². The molecule has 0 radical (unpaired) electrons. The van der Waals surface area contributed by atoms with Crippen LogP contribution >= 0.6 is 0 Å². The van der Waals surface area contributed by atoms with E-state index in [0.29, 0.717) is 6.42 Å². The van der Waals surface area contributed by atoms with Gasteiger partial charge in [-0.25, -0.2) is 0 Å². The molecule has 0 aromatic heterocycles. The SMILES string of the molecule is CCC/C=C\C/C=C\CCCCCCCC(=O)NC(COC1OC(CO)C(OC2OC(CO)C(O)C(O)C2O)C(O)C1O)C(O)/C=C/CCCCCCCCCCCCCCCCCCCCCCCCCC. The first-order valence-electron chi connectivity index (χ1n) is 29.7. The molecule has 2 heterocycles. The maximum Gasteiger partial charge on any atom is 0.220 e. The molecular formula is C59H109NO13. The van der Waals surface area contributed by atoms with Gasteiger partial charge in [-0.2, -0.15) is 0 Å². The Morgan fingerprint density at radius 2 is 0.932 bits per heavy atom. The second-order valence-electron chi connectivity index (χ2n) is 21.1. The molecule has 2 fully saturated rings. The molecule has 2 saturated heterocycles. The van der Waals surface area contributed by atoms with Gasteiger partial charge in [-0.05, 0) is 44.9 Å². The highest BCUT2D eigenvalue weighted by Gasteiger charge is 2.51. The van der Waals surface area contributed by atoms with Crippen molar-refractivity contribution in [3.8, 4) is 0 Å². The highest BCUT2D eigenvalue weighted by Crippen LogP contribution is 2.30. The van der Waals surface area contributed by atoms with Crippen LogP contribution in [0.2, 0.25) is 0 Å². The molecule has 14 nitrogen and oxygen atoms in total. The van der Waals surface area contributed by atoms with Crippen molar-refractivity contribution in [1.82, 2.24) is 5.32 Å². The Hall–Kier alpha value is -1.79. The van der Waals surface area contributed by atoms with Gasteiger partial charge in [0.1, 0.15) is 48.8 Å². The van der Waals surface area contributed by atoms with E-state index >= 15 is 0 Å². The van der Waals surface area contributed by atoms with Gasteiger partial charge in [0.15, 0.2) is 12.6 Å². The monoisotopic (exact) mass is 1040 g/mol. The van der Waals surface area contributed by atoms with E-state index in [1.54, 1.807) is 6.08 Å². The van der Waals surface area contributed by atoms with Gasteiger partial charge in [0.25, 0.3) is 0 Å². The van der Waals surface area contributed by atoms with Crippen LogP contribution in [-0.4, -0.2) is 140 Å². The highest BCUT2D eigenvalue weighted by molar-refractivity contribution is 5.76. The summed E-state index contributed by atoms with van der Waals surface area (Å²) in [6.07, 6.45) is 37.7. The lowest BCUT2D eigenvalue weighted by Gasteiger charge is -2.46. The zero-order valence-corrected chi connectivity index (χ0v) is 45.9. The van der Waals surface area contributed by atoms with Crippen LogP contribution in [0.1, 0.15) is 239 Å². The first kappa shape index (κ1) is 67.3. The number of carbonyl (C=O) groups excluding carboxylic acids is 1. The molecule has 2 aliphatic heterocycles. The fourth-order valence-electron chi connectivity index (χ4n) is 9.74. The maximum absolute atomic E-state index is 13.2. The predicted molar refractivity (Wildman–Crippen MR) is 291 cm³/mol. The lowest BCUT2D eigenvalue weighted by Crippen LogP contribution is -2.65. The minimum absolute atomic E-state index is 0.253. The first-order chi connectivity index (χ1) is 35.6. The van der Waals surface area contributed by atoms with E-state index in [2.05, 4.69) is 43.5 Å². The number of nitrogens with one attached hydrogen (secondary N) is 1. The molecule has 0 aromatic carbocycles. The topological polar surface area (TPSA) is 228 Å². The summed E-state index contributed by atoms with van der Waals surface area (Å²) in [5.74, 6) is -0.253. The number of ether oxygens (including phenoxy) is 4. The first-order valence-corrected chi connectivity index (χ1v) is 29.7. The Kier molecular flexibility index (Phi) is 41.7. The maximum atomic E-state index is 13.2. The number of carbonyl (C=O) groups is 1. The van der Waals surface area contributed by atoms with E-state index in [4.69, 9.17) is 18.9 Å². The highest BCUT2D eigenvalue weighted by atomic mass is 16.7. The molecule has 0 saturated carbocycles. The fourth-order valence-corrected chi connectivity index (χ4v) is 9.74. The van der Waals surface area contributed by atoms with E-state index in [1.165, 1.54) is 141 Å². The molecule has 428 valence electrons. The number of rotatable bonds is 47. The predicted octanol–water partition coefficient (Wildman–Crippen LogP) is 9.83. The average Bonchev–Trinajstić information content (AvgIpc) is 3.39. The van der Waals surface area contributed by atoms with Crippen LogP contribution in [0.4, 0.5) is 0 Å². The molecule has 12 atom stereocenters. The molecule has 73 heavy (non-hydrogen) atoms. The summed E-state index contributed by atoms with van der Waals surface area (Å²) in [5.41, 5.74) is 0. The Morgan fingerprint density at radius 1 is 0.493 bits per heavy atom. The second-order valence-corrected chi connectivity index (χ2v) is 21.1.